The van der Waals surface area contributed by atoms with Gasteiger partial charge in [-0.05, 0) is 36.8 Å². The minimum Gasteiger partial charge on any atom is -0.478 e. The van der Waals surface area contributed by atoms with E-state index < -0.39 is 34.8 Å². The van der Waals surface area contributed by atoms with Gasteiger partial charge in [-0.1, -0.05) is 24.6 Å². The quantitative estimate of drug-likeness (QED) is 0.509. The van der Waals surface area contributed by atoms with E-state index in [2.05, 4.69) is 4.98 Å². The molecule has 3 aromatic rings. The first-order valence-electron chi connectivity index (χ1n) is 9.89. The average Bonchev–Trinajstić information content (AvgIpc) is 2.75. The molecule has 0 fully saturated rings. The van der Waals surface area contributed by atoms with Crippen molar-refractivity contribution in [3.8, 4) is 11.6 Å². The normalized spacial score (nSPS) is 14.4. The number of aromatic nitrogens is 2. The third-order valence-electron chi connectivity index (χ3n) is 5.51. The molecular formula is C23H20ClF3N2O5. The van der Waals surface area contributed by atoms with E-state index in [0.29, 0.717) is 0 Å². The van der Waals surface area contributed by atoms with Crippen molar-refractivity contribution in [2.75, 3.05) is 0 Å². The van der Waals surface area contributed by atoms with Gasteiger partial charge < -0.3 is 19.5 Å². The van der Waals surface area contributed by atoms with Gasteiger partial charge in [0.2, 0.25) is 5.88 Å². The van der Waals surface area contributed by atoms with Crippen LogP contribution in [0.4, 0.5) is 13.2 Å². The number of carbonyl (C=O) groups is 1. The second-order valence-corrected chi connectivity index (χ2v) is 8.20. The predicted molar refractivity (Wildman–Crippen MR) is 118 cm³/mol. The van der Waals surface area contributed by atoms with Crippen LogP contribution in [0.1, 0.15) is 39.9 Å². The summed E-state index contributed by atoms with van der Waals surface area (Å²) < 4.78 is 49.1. The Hall–Kier alpha value is -3.37. The number of ether oxygens (including phenoxy) is 1. The highest BCUT2D eigenvalue weighted by Crippen LogP contribution is 2.50. The van der Waals surface area contributed by atoms with Gasteiger partial charge in [-0.3, -0.25) is 4.79 Å². The summed E-state index contributed by atoms with van der Waals surface area (Å²) in [5.74, 6) is -2.52. The number of benzene rings is 1. The van der Waals surface area contributed by atoms with E-state index in [1.807, 2.05) is 0 Å². The number of hydrogen-bond donors (Lipinski definition) is 2. The third-order valence-corrected chi connectivity index (χ3v) is 5.83. The van der Waals surface area contributed by atoms with Crippen molar-refractivity contribution >= 4 is 17.6 Å². The zero-order chi connectivity index (χ0) is 25.4. The number of carboxylic acids is 1. The zero-order valence-electron chi connectivity index (χ0n) is 18.2. The van der Waals surface area contributed by atoms with Gasteiger partial charge in [0, 0.05) is 47.6 Å². The molecule has 0 radical (unpaired) electrons. The van der Waals surface area contributed by atoms with Crippen LogP contribution in [0.5, 0.6) is 11.6 Å². The number of halogens is 4. The number of carboxylic acid groups (broad SMARTS) is 1. The first-order chi connectivity index (χ1) is 15.8. The molecule has 0 saturated carbocycles. The van der Waals surface area contributed by atoms with Gasteiger partial charge in [0.1, 0.15) is 5.75 Å². The molecule has 2 heterocycles. The highest BCUT2D eigenvalue weighted by atomic mass is 35.5. The Bertz CT molecular complexity index is 1260. The summed E-state index contributed by atoms with van der Waals surface area (Å²) in [6, 6.07) is 7.53. The highest BCUT2D eigenvalue weighted by molar-refractivity contribution is 6.31. The number of aryl methyl sites for hydroxylation is 2. The fourth-order valence-corrected chi connectivity index (χ4v) is 3.91. The van der Waals surface area contributed by atoms with Crippen molar-refractivity contribution in [1.29, 1.82) is 0 Å². The second kappa shape index (κ2) is 9.11. The van der Waals surface area contributed by atoms with Crippen molar-refractivity contribution in [3.63, 3.8) is 0 Å². The lowest BCUT2D eigenvalue weighted by Gasteiger charge is -2.37. The van der Waals surface area contributed by atoms with Crippen LogP contribution >= 0.6 is 11.6 Å². The number of pyridine rings is 2. The molecule has 0 spiro atoms. The van der Waals surface area contributed by atoms with Gasteiger partial charge in [-0.15, -0.1) is 0 Å². The lowest BCUT2D eigenvalue weighted by molar-refractivity contribution is -0.274. The van der Waals surface area contributed by atoms with E-state index in [9.17, 15) is 27.9 Å². The molecule has 2 atom stereocenters. The maximum Gasteiger partial charge on any atom is 0.422 e. The zero-order valence-corrected chi connectivity index (χ0v) is 19.0. The number of hydrogen-bond acceptors (Lipinski definition) is 5. The molecule has 0 amide bonds. The Balaban J connectivity index is 1.98. The maximum atomic E-state index is 14.2. The van der Waals surface area contributed by atoms with E-state index in [1.54, 1.807) is 0 Å². The van der Waals surface area contributed by atoms with Gasteiger partial charge in [-0.25, -0.2) is 9.78 Å². The van der Waals surface area contributed by atoms with Gasteiger partial charge in [0.05, 0.1) is 5.56 Å². The molecule has 11 heteroatoms. The number of rotatable bonds is 6. The van der Waals surface area contributed by atoms with Gasteiger partial charge in [0.25, 0.3) is 5.56 Å². The molecule has 0 aliphatic carbocycles. The molecule has 2 N–H and O–H groups in total. The smallest absolute Gasteiger partial charge is 0.422 e. The Kier molecular flexibility index (Phi) is 6.77. The number of alkyl halides is 3. The minimum atomic E-state index is -5.09. The average molecular weight is 497 g/mol. The topological polar surface area (TPSA) is 102 Å². The maximum absolute atomic E-state index is 14.2. The summed E-state index contributed by atoms with van der Waals surface area (Å²) in [5, 5.41) is 19.8. The molecule has 0 aliphatic rings. The molecule has 0 aliphatic heterocycles. The second-order valence-electron chi connectivity index (χ2n) is 7.79. The van der Waals surface area contributed by atoms with Gasteiger partial charge in [0.15, 0.2) is 5.60 Å². The summed E-state index contributed by atoms with van der Waals surface area (Å²) in [6.07, 6.45) is -3.05. The fraction of sp³-hybridized carbons (Fsp3) is 0.261. The van der Waals surface area contributed by atoms with Crippen LogP contribution < -0.4 is 10.3 Å². The third kappa shape index (κ3) is 4.64. The van der Waals surface area contributed by atoms with E-state index in [0.717, 1.165) is 23.0 Å². The van der Waals surface area contributed by atoms with Crippen molar-refractivity contribution in [3.05, 3.63) is 86.4 Å². The minimum absolute atomic E-state index is 0.00506. The van der Waals surface area contributed by atoms with E-state index >= 15 is 0 Å². The highest BCUT2D eigenvalue weighted by Gasteiger charge is 2.59. The monoisotopic (exact) mass is 496 g/mol. The first kappa shape index (κ1) is 25.3. The molecule has 7 nitrogen and oxygen atoms in total. The van der Waals surface area contributed by atoms with E-state index in [-0.39, 0.29) is 33.3 Å². The Morgan fingerprint density at radius 2 is 1.88 bits per heavy atom. The standard InChI is InChI=1S/C23H20ClF3N2O5/c1-12-8-15(11-29(3)20(12)30)22(33,23(25,26)27)13(2)17-6-5-16(9-18(17)24)34-19-7-4-14(10-28-19)21(31)32/h4-11,13,33H,1-3H3,(H,31,32)/t13-,22-/m1/s1. The molecule has 0 unspecified atom stereocenters. The lowest BCUT2D eigenvalue weighted by atomic mass is 9.78. The van der Waals surface area contributed by atoms with Crippen LogP contribution in [0.3, 0.4) is 0 Å². The molecule has 1 aromatic carbocycles. The Morgan fingerprint density at radius 3 is 2.38 bits per heavy atom. The van der Waals surface area contributed by atoms with Crippen molar-refractivity contribution in [1.82, 2.24) is 9.55 Å². The summed E-state index contributed by atoms with van der Waals surface area (Å²) in [5.41, 5.74) is -4.32. The number of nitrogens with zero attached hydrogens (tertiary/aromatic N) is 2. The molecule has 2 aromatic heterocycles. The van der Waals surface area contributed by atoms with Crippen LogP contribution in [0.2, 0.25) is 5.02 Å². The largest absolute Gasteiger partial charge is 0.478 e. The van der Waals surface area contributed by atoms with Crippen LogP contribution in [0.15, 0.2) is 53.6 Å². The van der Waals surface area contributed by atoms with Crippen LogP contribution in [0.25, 0.3) is 0 Å². The first-order valence-corrected chi connectivity index (χ1v) is 10.3. The van der Waals surface area contributed by atoms with Crippen LogP contribution in [-0.2, 0) is 12.6 Å². The molecule has 0 bridgehead atoms. The SMILES string of the molecule is Cc1cc([C@](O)([C@H](C)c2ccc(Oc3ccc(C(=O)O)cn3)cc2Cl)C(F)(F)F)cn(C)c1=O. The van der Waals surface area contributed by atoms with E-state index in [4.69, 9.17) is 21.4 Å². The summed E-state index contributed by atoms with van der Waals surface area (Å²) >= 11 is 6.28. The summed E-state index contributed by atoms with van der Waals surface area (Å²) in [4.78, 5) is 26.7. The van der Waals surface area contributed by atoms with E-state index in [1.165, 1.54) is 51.2 Å². The molecule has 180 valence electrons. The van der Waals surface area contributed by atoms with Crippen LogP contribution in [-0.4, -0.2) is 31.9 Å². The van der Waals surface area contributed by atoms with Crippen molar-refractivity contribution in [2.24, 2.45) is 7.05 Å². The van der Waals surface area contributed by atoms with Crippen LogP contribution in [0, 0.1) is 6.92 Å². The fourth-order valence-electron chi connectivity index (χ4n) is 3.58. The van der Waals surface area contributed by atoms with Gasteiger partial charge in [-0.2, -0.15) is 13.2 Å². The molecule has 3 rings (SSSR count). The number of aliphatic hydroxyl groups is 1. The predicted octanol–water partition coefficient (Wildman–Crippen LogP) is 4.79. The Morgan fingerprint density at radius 1 is 1.21 bits per heavy atom. The van der Waals surface area contributed by atoms with Crippen molar-refractivity contribution < 1.29 is 32.9 Å². The molecular weight excluding hydrogens is 477 g/mol. The summed E-state index contributed by atoms with van der Waals surface area (Å²) in [7, 11) is 1.30. The van der Waals surface area contributed by atoms with Crippen molar-refractivity contribution in [2.45, 2.75) is 31.5 Å². The summed E-state index contributed by atoms with van der Waals surface area (Å²) in [6.45, 7) is 2.55. The Labute approximate surface area is 197 Å². The molecule has 0 saturated heterocycles. The number of aromatic carboxylic acids is 1. The lowest BCUT2D eigenvalue weighted by Crippen LogP contribution is -2.47. The van der Waals surface area contributed by atoms with Gasteiger partial charge >= 0.3 is 12.1 Å². The molecule has 34 heavy (non-hydrogen) atoms.